The van der Waals surface area contributed by atoms with Crippen LogP contribution in [0.2, 0.25) is 0 Å². The Balaban J connectivity index is 2.58. The second-order valence-corrected chi connectivity index (χ2v) is 3.17. The van der Waals surface area contributed by atoms with Crippen molar-refractivity contribution in [3.63, 3.8) is 0 Å². The number of amides is 1. The van der Waals surface area contributed by atoms with Gasteiger partial charge in [0.25, 0.3) is 5.91 Å². The summed E-state index contributed by atoms with van der Waals surface area (Å²) in [6.45, 7) is 3.09. The molecule has 6 nitrogen and oxygen atoms in total. The monoisotopic (exact) mass is 210 g/mol. The Morgan fingerprint density at radius 1 is 1.73 bits per heavy atom. The molecule has 1 aromatic rings. The molecule has 1 amide bonds. The van der Waals surface area contributed by atoms with E-state index >= 15 is 0 Å². The van der Waals surface area contributed by atoms with Crippen LogP contribution in [0.5, 0.6) is 0 Å². The average Bonchev–Trinajstić information content (AvgIpc) is 2.63. The molecule has 6 heteroatoms. The first-order chi connectivity index (χ1) is 7.13. The average molecular weight is 210 g/mol. The Morgan fingerprint density at radius 2 is 2.47 bits per heavy atom. The molecule has 2 N–H and O–H groups in total. The first-order valence-electron chi connectivity index (χ1n) is 4.48. The van der Waals surface area contributed by atoms with Crippen LogP contribution in [-0.4, -0.2) is 34.6 Å². The van der Waals surface area contributed by atoms with Crippen molar-refractivity contribution in [2.75, 3.05) is 13.7 Å². The summed E-state index contributed by atoms with van der Waals surface area (Å²) in [6.07, 6.45) is 3.46. The van der Waals surface area contributed by atoms with Crippen LogP contribution in [0.3, 0.4) is 0 Å². The molecule has 0 aliphatic carbocycles. The Morgan fingerprint density at radius 3 is 3.00 bits per heavy atom. The highest BCUT2D eigenvalue weighted by Gasteiger charge is 2.04. The van der Waals surface area contributed by atoms with Gasteiger partial charge >= 0.3 is 0 Å². The molecule has 15 heavy (non-hydrogen) atoms. The summed E-state index contributed by atoms with van der Waals surface area (Å²) in [5, 5.41) is 7.37. The summed E-state index contributed by atoms with van der Waals surface area (Å²) in [6, 6.07) is 0. The molecule has 0 radical (unpaired) electrons. The van der Waals surface area contributed by atoms with Gasteiger partial charge in [-0.15, -0.1) is 5.10 Å². The van der Waals surface area contributed by atoms with Gasteiger partial charge in [0, 0.05) is 7.11 Å². The minimum atomic E-state index is -0.571. The van der Waals surface area contributed by atoms with E-state index in [4.69, 9.17) is 10.5 Å². The van der Waals surface area contributed by atoms with Gasteiger partial charge in [0.1, 0.15) is 0 Å². The van der Waals surface area contributed by atoms with Gasteiger partial charge in [-0.2, -0.15) is 0 Å². The molecule has 0 atom stereocenters. The fourth-order valence-corrected chi connectivity index (χ4v) is 1.04. The van der Waals surface area contributed by atoms with E-state index in [-0.39, 0.29) is 5.69 Å². The van der Waals surface area contributed by atoms with Gasteiger partial charge < -0.3 is 10.5 Å². The Labute approximate surface area is 87.7 Å². The summed E-state index contributed by atoms with van der Waals surface area (Å²) in [5.41, 5.74) is 6.31. The quantitative estimate of drug-likeness (QED) is 0.692. The van der Waals surface area contributed by atoms with Gasteiger partial charge in [0.05, 0.1) is 19.3 Å². The van der Waals surface area contributed by atoms with Gasteiger partial charge in [-0.05, 0) is 12.5 Å². The molecule has 0 saturated heterocycles. The summed E-state index contributed by atoms with van der Waals surface area (Å²) in [5.74, 6) is -0.571. The van der Waals surface area contributed by atoms with Gasteiger partial charge in [0.2, 0.25) is 0 Å². The van der Waals surface area contributed by atoms with Gasteiger partial charge in [0.15, 0.2) is 5.69 Å². The number of methoxy groups -OCH3 is 1. The lowest BCUT2D eigenvalue weighted by Gasteiger charge is -1.98. The fourth-order valence-electron chi connectivity index (χ4n) is 1.04. The van der Waals surface area contributed by atoms with Crippen molar-refractivity contribution >= 4 is 5.91 Å². The number of ether oxygens (including phenoxy) is 1. The number of carbonyl (C=O) groups excluding carboxylic acids is 1. The second-order valence-electron chi connectivity index (χ2n) is 3.17. The Hall–Kier alpha value is -1.69. The lowest BCUT2D eigenvalue weighted by atomic mass is 10.3. The van der Waals surface area contributed by atoms with Crippen LogP contribution in [0.1, 0.15) is 17.4 Å². The SMILES string of the molecule is COC/C(C)=C/Cn1cc(C(N)=O)nn1. The molecule has 0 bridgehead atoms. The van der Waals surface area contributed by atoms with Crippen LogP contribution >= 0.6 is 0 Å². The number of allylic oxidation sites excluding steroid dienone is 1. The highest BCUT2D eigenvalue weighted by atomic mass is 16.5. The number of hydrogen-bond acceptors (Lipinski definition) is 4. The van der Waals surface area contributed by atoms with Crippen LogP contribution in [0.4, 0.5) is 0 Å². The van der Waals surface area contributed by atoms with Gasteiger partial charge in [-0.3, -0.25) is 4.79 Å². The zero-order chi connectivity index (χ0) is 11.3. The molecule has 0 unspecified atom stereocenters. The van der Waals surface area contributed by atoms with Crippen molar-refractivity contribution in [3.05, 3.63) is 23.5 Å². The predicted molar refractivity (Wildman–Crippen MR) is 54.2 cm³/mol. The van der Waals surface area contributed by atoms with E-state index in [9.17, 15) is 4.79 Å². The maximum atomic E-state index is 10.7. The number of nitrogens with two attached hydrogens (primary N) is 1. The van der Waals surface area contributed by atoms with Crippen LogP contribution in [0, 0.1) is 0 Å². The largest absolute Gasteiger partial charge is 0.380 e. The number of carbonyl (C=O) groups is 1. The molecule has 1 aromatic heterocycles. The Bertz CT molecular complexity index is 370. The third-order valence-corrected chi connectivity index (χ3v) is 1.79. The van der Waals surface area contributed by atoms with E-state index in [0.717, 1.165) is 5.57 Å². The summed E-state index contributed by atoms with van der Waals surface area (Å²) in [4.78, 5) is 10.7. The Kier molecular flexibility index (Phi) is 3.99. The molecule has 0 spiro atoms. The number of primary amides is 1. The number of rotatable bonds is 5. The van der Waals surface area contributed by atoms with Crippen LogP contribution < -0.4 is 5.73 Å². The molecule has 1 heterocycles. The van der Waals surface area contributed by atoms with Crippen molar-refractivity contribution in [2.45, 2.75) is 13.5 Å². The maximum absolute atomic E-state index is 10.7. The molecule has 0 aromatic carbocycles. The molecule has 1 rings (SSSR count). The fraction of sp³-hybridized carbons (Fsp3) is 0.444. The highest BCUT2D eigenvalue weighted by Crippen LogP contribution is 1.96. The molecular formula is C9H14N4O2. The smallest absolute Gasteiger partial charge is 0.270 e. The molecule has 0 aliphatic heterocycles. The molecular weight excluding hydrogens is 196 g/mol. The van der Waals surface area contributed by atoms with Crippen molar-refractivity contribution in [2.24, 2.45) is 5.73 Å². The van der Waals surface area contributed by atoms with Crippen LogP contribution in [0.15, 0.2) is 17.8 Å². The lowest BCUT2D eigenvalue weighted by Crippen LogP contribution is -2.11. The van der Waals surface area contributed by atoms with Crippen molar-refractivity contribution in [3.8, 4) is 0 Å². The first kappa shape index (κ1) is 11.4. The minimum absolute atomic E-state index is 0.174. The van der Waals surface area contributed by atoms with Gasteiger partial charge in [-0.1, -0.05) is 11.3 Å². The van der Waals surface area contributed by atoms with Crippen molar-refractivity contribution in [1.29, 1.82) is 0 Å². The molecule has 0 fully saturated rings. The standard InChI is InChI=1S/C9H14N4O2/c1-7(6-15-2)3-4-13-5-8(9(10)14)11-12-13/h3,5H,4,6H2,1-2H3,(H2,10,14)/b7-3+. The number of hydrogen-bond donors (Lipinski definition) is 1. The zero-order valence-corrected chi connectivity index (χ0v) is 8.80. The van der Waals surface area contributed by atoms with Crippen molar-refractivity contribution < 1.29 is 9.53 Å². The number of aromatic nitrogens is 3. The topological polar surface area (TPSA) is 83.0 Å². The first-order valence-corrected chi connectivity index (χ1v) is 4.48. The second kappa shape index (κ2) is 5.26. The maximum Gasteiger partial charge on any atom is 0.270 e. The van der Waals surface area contributed by atoms with E-state index in [1.54, 1.807) is 11.8 Å². The van der Waals surface area contributed by atoms with E-state index < -0.39 is 5.91 Å². The predicted octanol–water partition coefficient (Wildman–Crippen LogP) is -0.0303. The summed E-state index contributed by atoms with van der Waals surface area (Å²) in [7, 11) is 1.64. The zero-order valence-electron chi connectivity index (χ0n) is 8.80. The molecule has 0 aliphatic rings. The van der Waals surface area contributed by atoms with E-state index in [2.05, 4.69) is 10.3 Å². The van der Waals surface area contributed by atoms with E-state index in [1.807, 2.05) is 13.0 Å². The third-order valence-electron chi connectivity index (χ3n) is 1.79. The normalized spacial score (nSPS) is 11.7. The van der Waals surface area contributed by atoms with Crippen LogP contribution in [-0.2, 0) is 11.3 Å². The highest BCUT2D eigenvalue weighted by molar-refractivity contribution is 5.90. The van der Waals surface area contributed by atoms with Gasteiger partial charge in [-0.25, -0.2) is 4.68 Å². The molecule has 82 valence electrons. The number of nitrogens with zero attached hydrogens (tertiary/aromatic N) is 3. The van der Waals surface area contributed by atoms with E-state index in [0.29, 0.717) is 13.2 Å². The summed E-state index contributed by atoms with van der Waals surface area (Å²) >= 11 is 0. The van der Waals surface area contributed by atoms with Crippen LogP contribution in [0.25, 0.3) is 0 Å². The lowest BCUT2D eigenvalue weighted by molar-refractivity contribution is 0.0995. The minimum Gasteiger partial charge on any atom is -0.380 e. The van der Waals surface area contributed by atoms with Crippen molar-refractivity contribution in [1.82, 2.24) is 15.0 Å². The summed E-state index contributed by atoms with van der Waals surface area (Å²) < 4.78 is 6.49. The third kappa shape index (κ3) is 3.51. The van der Waals surface area contributed by atoms with E-state index in [1.165, 1.54) is 6.20 Å². The molecule has 0 saturated carbocycles.